The summed E-state index contributed by atoms with van der Waals surface area (Å²) in [6.45, 7) is 4.29. The number of rotatable bonds is 3. The average Bonchev–Trinajstić information content (AvgIpc) is 2.43. The first-order valence-corrected chi connectivity index (χ1v) is 6.99. The molecule has 1 aliphatic rings. The first-order valence-electron chi connectivity index (χ1n) is 6.99. The highest BCUT2D eigenvalue weighted by Crippen LogP contribution is 2.21. The zero-order valence-electron chi connectivity index (χ0n) is 11.7. The van der Waals surface area contributed by atoms with Gasteiger partial charge in [0.1, 0.15) is 6.04 Å². The van der Waals surface area contributed by atoms with E-state index in [1.807, 2.05) is 30.3 Å². The zero-order chi connectivity index (χ0) is 13.8. The molecule has 19 heavy (non-hydrogen) atoms. The van der Waals surface area contributed by atoms with E-state index in [0.717, 1.165) is 18.4 Å². The van der Waals surface area contributed by atoms with Crippen LogP contribution in [0.15, 0.2) is 30.3 Å². The Morgan fingerprint density at radius 3 is 2.42 bits per heavy atom. The first kappa shape index (κ1) is 14.0. The number of hydrogen-bond donors (Lipinski definition) is 2. The third-order valence-corrected chi connectivity index (χ3v) is 3.87. The van der Waals surface area contributed by atoms with E-state index in [0.29, 0.717) is 12.1 Å². The van der Waals surface area contributed by atoms with Gasteiger partial charge in [0.05, 0.1) is 0 Å². The molecule has 2 rings (SSSR count). The summed E-state index contributed by atoms with van der Waals surface area (Å²) in [7, 11) is 0. The van der Waals surface area contributed by atoms with E-state index in [9.17, 15) is 4.79 Å². The molecule has 1 aromatic rings. The second kappa shape index (κ2) is 6.17. The second-order valence-electron chi connectivity index (χ2n) is 5.40. The smallest absolute Gasteiger partial charge is 0.255 e. The van der Waals surface area contributed by atoms with Crippen molar-refractivity contribution in [2.75, 3.05) is 0 Å². The third kappa shape index (κ3) is 3.33. The Hall–Kier alpha value is -1.39. The van der Waals surface area contributed by atoms with Gasteiger partial charge in [-0.25, -0.2) is 5.01 Å². The number of carbonyl (C=O) groups is 1. The molecule has 0 radical (unpaired) electrons. The monoisotopic (exact) mass is 261 g/mol. The lowest BCUT2D eigenvalue weighted by Crippen LogP contribution is -2.55. The maximum atomic E-state index is 12.2. The summed E-state index contributed by atoms with van der Waals surface area (Å²) in [5, 5.41) is 2.05. The average molecular weight is 261 g/mol. The van der Waals surface area contributed by atoms with Crippen molar-refractivity contribution in [3.05, 3.63) is 35.9 Å². The van der Waals surface area contributed by atoms with E-state index in [1.54, 1.807) is 0 Å². The minimum Gasteiger partial charge on any atom is -0.316 e. The van der Waals surface area contributed by atoms with Gasteiger partial charge >= 0.3 is 0 Å². The molecule has 1 heterocycles. The van der Waals surface area contributed by atoms with Crippen molar-refractivity contribution in [3.63, 3.8) is 0 Å². The van der Waals surface area contributed by atoms with Crippen LogP contribution >= 0.6 is 0 Å². The predicted octanol–water partition coefficient (Wildman–Crippen LogP) is 1.98. The molecule has 1 saturated heterocycles. The van der Waals surface area contributed by atoms with E-state index in [4.69, 9.17) is 5.73 Å². The van der Waals surface area contributed by atoms with Gasteiger partial charge in [0.25, 0.3) is 5.91 Å². The molecule has 0 saturated carbocycles. The van der Waals surface area contributed by atoms with Gasteiger partial charge in [-0.1, -0.05) is 36.8 Å². The summed E-state index contributed by atoms with van der Waals surface area (Å²) in [5.41, 5.74) is 9.84. The number of benzene rings is 1. The number of carbonyl (C=O) groups excluding carboxylic acids is 1. The molecule has 3 N–H and O–H groups in total. The summed E-state index contributed by atoms with van der Waals surface area (Å²) >= 11 is 0. The Balaban J connectivity index is 2.00. The lowest BCUT2D eigenvalue weighted by molar-refractivity contribution is -0.130. The van der Waals surface area contributed by atoms with Crippen molar-refractivity contribution >= 4 is 5.91 Å². The van der Waals surface area contributed by atoms with Gasteiger partial charge in [-0.2, -0.15) is 0 Å². The topological polar surface area (TPSA) is 58.4 Å². The first-order chi connectivity index (χ1) is 9.09. The summed E-state index contributed by atoms with van der Waals surface area (Å²) in [5.74, 6) is -0.133. The fourth-order valence-corrected chi connectivity index (χ4v) is 2.65. The van der Waals surface area contributed by atoms with Crippen LogP contribution in [0.1, 0.15) is 44.7 Å². The van der Waals surface area contributed by atoms with E-state index >= 15 is 0 Å². The zero-order valence-corrected chi connectivity index (χ0v) is 11.7. The Kier molecular flexibility index (Phi) is 4.56. The van der Waals surface area contributed by atoms with E-state index < -0.39 is 6.04 Å². The molecule has 1 aromatic carbocycles. The number of hydrazine groups is 1. The minimum atomic E-state index is -0.609. The van der Waals surface area contributed by atoms with Gasteiger partial charge in [-0.15, -0.1) is 0 Å². The second-order valence-corrected chi connectivity index (χ2v) is 5.40. The van der Waals surface area contributed by atoms with Gasteiger partial charge in [0.2, 0.25) is 0 Å². The molecular formula is C15H23N3O. The molecule has 3 atom stereocenters. The van der Waals surface area contributed by atoms with Crippen LogP contribution in [-0.2, 0) is 4.79 Å². The Bertz CT molecular complexity index is 411. The van der Waals surface area contributed by atoms with Crippen LogP contribution in [0.4, 0.5) is 0 Å². The van der Waals surface area contributed by atoms with Crippen LogP contribution in [-0.4, -0.2) is 23.0 Å². The SMILES string of the molecule is CC1CCCC(C)N1NC(=O)[C@H](N)c1ccccc1. The highest BCUT2D eigenvalue weighted by atomic mass is 16.2. The molecule has 1 aliphatic heterocycles. The van der Waals surface area contributed by atoms with Crippen molar-refractivity contribution in [2.24, 2.45) is 5.73 Å². The van der Waals surface area contributed by atoms with E-state index in [2.05, 4.69) is 24.3 Å². The van der Waals surface area contributed by atoms with Crippen LogP contribution in [0, 0.1) is 0 Å². The molecule has 104 valence electrons. The molecule has 4 nitrogen and oxygen atoms in total. The van der Waals surface area contributed by atoms with Crippen LogP contribution in [0.2, 0.25) is 0 Å². The molecule has 0 spiro atoms. The largest absolute Gasteiger partial charge is 0.316 e. The minimum absolute atomic E-state index is 0.133. The third-order valence-electron chi connectivity index (χ3n) is 3.87. The number of nitrogens with zero attached hydrogens (tertiary/aromatic N) is 1. The Morgan fingerprint density at radius 1 is 1.26 bits per heavy atom. The normalized spacial score (nSPS) is 25.8. The quantitative estimate of drug-likeness (QED) is 0.874. The number of amides is 1. The maximum Gasteiger partial charge on any atom is 0.255 e. The standard InChI is InChI=1S/C15H23N3O/c1-11-7-6-8-12(2)18(11)17-15(19)14(16)13-9-4-3-5-10-13/h3-5,9-12,14H,6-8,16H2,1-2H3,(H,17,19)/t11?,12?,14-/m1/s1. The summed E-state index contributed by atoms with van der Waals surface area (Å²) in [4.78, 5) is 12.2. The highest BCUT2D eigenvalue weighted by molar-refractivity contribution is 5.82. The molecule has 0 aromatic heterocycles. The fourth-order valence-electron chi connectivity index (χ4n) is 2.65. The summed E-state index contributed by atoms with van der Waals surface area (Å²) in [6.07, 6.45) is 3.45. The van der Waals surface area contributed by atoms with E-state index in [-0.39, 0.29) is 5.91 Å². The number of piperidine rings is 1. The molecule has 1 fully saturated rings. The van der Waals surface area contributed by atoms with Gasteiger partial charge < -0.3 is 5.73 Å². The van der Waals surface area contributed by atoms with Crippen molar-refractivity contribution in [3.8, 4) is 0 Å². The van der Waals surface area contributed by atoms with Gasteiger partial charge in [-0.3, -0.25) is 10.2 Å². The fraction of sp³-hybridized carbons (Fsp3) is 0.533. The van der Waals surface area contributed by atoms with Crippen LogP contribution < -0.4 is 11.2 Å². The number of nitrogens with one attached hydrogen (secondary N) is 1. The molecule has 0 aliphatic carbocycles. The van der Waals surface area contributed by atoms with Crippen LogP contribution in [0.5, 0.6) is 0 Å². The molecular weight excluding hydrogens is 238 g/mol. The molecule has 1 amide bonds. The lowest BCUT2D eigenvalue weighted by atomic mass is 9.99. The molecule has 4 heteroatoms. The number of hydrogen-bond acceptors (Lipinski definition) is 3. The Labute approximate surface area is 114 Å². The molecule has 0 bridgehead atoms. The van der Waals surface area contributed by atoms with Gasteiger partial charge in [0.15, 0.2) is 0 Å². The highest BCUT2D eigenvalue weighted by Gasteiger charge is 2.27. The van der Waals surface area contributed by atoms with Crippen LogP contribution in [0.3, 0.4) is 0 Å². The van der Waals surface area contributed by atoms with Crippen LogP contribution in [0.25, 0.3) is 0 Å². The summed E-state index contributed by atoms with van der Waals surface area (Å²) in [6, 6.07) is 9.61. The van der Waals surface area contributed by atoms with Gasteiger partial charge in [-0.05, 0) is 32.3 Å². The Morgan fingerprint density at radius 2 is 1.84 bits per heavy atom. The number of nitrogens with two attached hydrogens (primary N) is 1. The summed E-state index contributed by atoms with van der Waals surface area (Å²) < 4.78 is 0. The molecule has 2 unspecified atom stereocenters. The van der Waals surface area contributed by atoms with Crippen molar-refractivity contribution < 1.29 is 4.79 Å². The maximum absolute atomic E-state index is 12.2. The van der Waals surface area contributed by atoms with Crippen molar-refractivity contribution in [1.82, 2.24) is 10.4 Å². The van der Waals surface area contributed by atoms with E-state index in [1.165, 1.54) is 6.42 Å². The van der Waals surface area contributed by atoms with Crippen molar-refractivity contribution in [1.29, 1.82) is 0 Å². The van der Waals surface area contributed by atoms with Gasteiger partial charge in [0, 0.05) is 12.1 Å². The van der Waals surface area contributed by atoms with Crippen molar-refractivity contribution in [2.45, 2.75) is 51.2 Å². The predicted molar refractivity (Wildman–Crippen MR) is 76.1 cm³/mol. The lowest BCUT2D eigenvalue weighted by Gasteiger charge is -2.39.